The van der Waals surface area contributed by atoms with E-state index in [2.05, 4.69) is 25.1 Å². The number of rotatable bonds is 4. The van der Waals surface area contributed by atoms with Gasteiger partial charge in [0.1, 0.15) is 17.5 Å². The highest BCUT2D eigenvalue weighted by molar-refractivity contribution is 5.74. The van der Waals surface area contributed by atoms with Gasteiger partial charge in [-0.25, -0.2) is 19.3 Å². The Hall–Kier alpha value is -2.48. The Bertz CT molecular complexity index is 942. The monoisotopic (exact) mass is 344 g/mol. The van der Waals surface area contributed by atoms with E-state index in [4.69, 9.17) is 0 Å². The molecule has 0 unspecified atom stereocenters. The number of likely N-dealkylation sites (tertiary alicyclic amines) is 1. The molecular weight excluding hydrogens is 323 g/mol. The van der Waals surface area contributed by atoms with Crippen LogP contribution in [-0.4, -0.2) is 42.7 Å². The summed E-state index contributed by atoms with van der Waals surface area (Å²) < 4.78 is 15.0. The molecule has 0 saturated carbocycles. The summed E-state index contributed by atoms with van der Waals surface area (Å²) in [7, 11) is 0. The minimum atomic E-state index is -0.267. The van der Waals surface area contributed by atoms with E-state index in [1.54, 1.807) is 10.6 Å². The molecule has 1 aliphatic rings. The Morgan fingerprint density at radius 3 is 3.12 bits per heavy atom. The number of aromatic nitrogens is 5. The van der Waals surface area contributed by atoms with Crippen molar-refractivity contribution in [1.82, 2.24) is 29.6 Å². The fraction of sp³-hybridized carbons (Fsp3) is 0.471. The van der Waals surface area contributed by atoms with Crippen molar-refractivity contribution in [3.63, 3.8) is 0 Å². The fourth-order valence-electron chi connectivity index (χ4n) is 3.68. The molecule has 1 saturated heterocycles. The molecule has 3 aromatic rings. The maximum atomic E-state index is 13.3. The molecule has 0 spiro atoms. The van der Waals surface area contributed by atoms with Gasteiger partial charge in [-0.1, -0.05) is 0 Å². The maximum absolute atomic E-state index is 13.3. The highest BCUT2D eigenvalue weighted by Gasteiger charge is 2.26. The summed E-state index contributed by atoms with van der Waals surface area (Å²) in [6.07, 6.45) is 2.07. The zero-order chi connectivity index (χ0) is 17.4. The summed E-state index contributed by atoms with van der Waals surface area (Å²) in [6, 6.07) is 4.58. The number of hydrogen-bond donors (Lipinski definition) is 2. The van der Waals surface area contributed by atoms with Crippen molar-refractivity contribution in [1.29, 1.82) is 0 Å². The lowest BCUT2D eigenvalue weighted by Gasteiger charge is -2.31. The van der Waals surface area contributed by atoms with E-state index in [0.29, 0.717) is 13.1 Å². The molecule has 0 bridgehead atoms. The Balaban J connectivity index is 1.51. The van der Waals surface area contributed by atoms with Gasteiger partial charge in [-0.05, 0) is 44.5 Å². The summed E-state index contributed by atoms with van der Waals surface area (Å²) in [5.74, 6) is 1.63. The van der Waals surface area contributed by atoms with Crippen molar-refractivity contribution in [3.8, 4) is 0 Å². The van der Waals surface area contributed by atoms with Crippen molar-refractivity contribution < 1.29 is 4.39 Å². The Labute approximate surface area is 143 Å². The zero-order valence-corrected chi connectivity index (χ0v) is 14.1. The van der Waals surface area contributed by atoms with Crippen LogP contribution in [0.1, 0.15) is 37.3 Å². The number of aromatic amines is 2. The molecule has 1 atom stereocenters. The van der Waals surface area contributed by atoms with Crippen LogP contribution in [0.5, 0.6) is 0 Å². The molecule has 0 amide bonds. The number of nitrogens with one attached hydrogen (secondary N) is 2. The summed E-state index contributed by atoms with van der Waals surface area (Å²) >= 11 is 0. The maximum Gasteiger partial charge on any atom is 0.343 e. The summed E-state index contributed by atoms with van der Waals surface area (Å²) in [5, 5.41) is 6.79. The first-order chi connectivity index (χ1) is 12.1. The molecule has 2 N–H and O–H groups in total. The molecule has 0 radical (unpaired) electrons. The number of H-pyrrole nitrogens is 2. The van der Waals surface area contributed by atoms with Crippen LogP contribution in [0, 0.1) is 5.82 Å². The minimum absolute atomic E-state index is 0.145. The SMILES string of the molecule is CCn1c([C@H]2CCCN(Cc3nc4ccc(F)cc4[nH]3)C2)n[nH]c1=O. The Kier molecular flexibility index (Phi) is 4.12. The molecule has 3 heterocycles. The normalized spacial score (nSPS) is 18.9. The van der Waals surface area contributed by atoms with Gasteiger partial charge in [-0.3, -0.25) is 9.47 Å². The average Bonchev–Trinajstić information content (AvgIpc) is 3.17. The average molecular weight is 344 g/mol. The van der Waals surface area contributed by atoms with E-state index < -0.39 is 0 Å². The first kappa shape index (κ1) is 16.0. The highest BCUT2D eigenvalue weighted by Crippen LogP contribution is 2.26. The van der Waals surface area contributed by atoms with Crippen LogP contribution in [0.25, 0.3) is 11.0 Å². The van der Waals surface area contributed by atoms with Crippen LogP contribution in [0.2, 0.25) is 0 Å². The van der Waals surface area contributed by atoms with Crippen molar-refractivity contribution in [2.75, 3.05) is 13.1 Å². The van der Waals surface area contributed by atoms with E-state index in [1.807, 2.05) is 6.92 Å². The standard InChI is InChI=1S/C17H21FN6O/c1-2-24-16(21-22-17(24)25)11-4-3-7-23(9-11)10-15-19-13-6-5-12(18)8-14(13)20-15/h5-6,8,11H,2-4,7,9-10H2,1H3,(H,19,20)(H,22,25)/t11-/m0/s1. The largest absolute Gasteiger partial charge is 0.343 e. The highest BCUT2D eigenvalue weighted by atomic mass is 19.1. The van der Waals surface area contributed by atoms with Crippen LogP contribution in [0.4, 0.5) is 4.39 Å². The quantitative estimate of drug-likeness (QED) is 0.758. The molecule has 2 aromatic heterocycles. The van der Waals surface area contributed by atoms with Crippen molar-refractivity contribution in [2.45, 2.75) is 38.8 Å². The lowest BCUT2D eigenvalue weighted by Crippen LogP contribution is -2.35. The number of halogens is 1. The molecule has 132 valence electrons. The topological polar surface area (TPSA) is 82.6 Å². The minimum Gasteiger partial charge on any atom is -0.341 e. The Morgan fingerprint density at radius 2 is 2.28 bits per heavy atom. The van der Waals surface area contributed by atoms with Crippen molar-refractivity contribution in [2.24, 2.45) is 0 Å². The number of nitrogens with zero attached hydrogens (tertiary/aromatic N) is 4. The number of fused-ring (bicyclic) bond motifs is 1. The second-order valence-corrected chi connectivity index (χ2v) is 6.55. The summed E-state index contributed by atoms with van der Waals surface area (Å²) in [5.41, 5.74) is 1.35. The molecule has 7 nitrogen and oxygen atoms in total. The third kappa shape index (κ3) is 3.09. The van der Waals surface area contributed by atoms with E-state index in [9.17, 15) is 9.18 Å². The summed E-state index contributed by atoms with van der Waals surface area (Å²) in [4.78, 5) is 21.8. The van der Waals surface area contributed by atoms with Gasteiger partial charge in [0.05, 0.1) is 17.6 Å². The van der Waals surface area contributed by atoms with Gasteiger partial charge in [0.2, 0.25) is 0 Å². The zero-order valence-electron chi connectivity index (χ0n) is 14.1. The van der Waals surface area contributed by atoms with E-state index in [1.165, 1.54) is 12.1 Å². The van der Waals surface area contributed by atoms with Gasteiger partial charge in [-0.2, -0.15) is 5.10 Å². The van der Waals surface area contributed by atoms with E-state index in [-0.39, 0.29) is 17.4 Å². The molecule has 8 heteroatoms. The van der Waals surface area contributed by atoms with Gasteiger partial charge in [-0.15, -0.1) is 0 Å². The summed E-state index contributed by atoms with van der Waals surface area (Å²) in [6.45, 7) is 5.05. The van der Waals surface area contributed by atoms with Crippen molar-refractivity contribution >= 4 is 11.0 Å². The molecule has 4 rings (SSSR count). The van der Waals surface area contributed by atoms with Crippen LogP contribution in [-0.2, 0) is 13.1 Å². The lowest BCUT2D eigenvalue weighted by molar-refractivity contribution is 0.191. The van der Waals surface area contributed by atoms with Crippen LogP contribution < -0.4 is 5.69 Å². The molecule has 25 heavy (non-hydrogen) atoms. The van der Waals surface area contributed by atoms with Gasteiger partial charge in [0.25, 0.3) is 0 Å². The van der Waals surface area contributed by atoms with Gasteiger partial charge >= 0.3 is 5.69 Å². The third-order valence-electron chi connectivity index (χ3n) is 4.84. The van der Waals surface area contributed by atoms with Crippen LogP contribution in [0.3, 0.4) is 0 Å². The second kappa shape index (κ2) is 6.44. The lowest BCUT2D eigenvalue weighted by atomic mass is 9.97. The first-order valence-corrected chi connectivity index (χ1v) is 8.65. The van der Waals surface area contributed by atoms with Crippen molar-refractivity contribution in [3.05, 3.63) is 46.1 Å². The first-order valence-electron chi connectivity index (χ1n) is 8.65. The fourth-order valence-corrected chi connectivity index (χ4v) is 3.68. The van der Waals surface area contributed by atoms with E-state index >= 15 is 0 Å². The van der Waals surface area contributed by atoms with Crippen LogP contribution in [0.15, 0.2) is 23.0 Å². The Morgan fingerprint density at radius 1 is 1.40 bits per heavy atom. The van der Waals surface area contributed by atoms with Crippen LogP contribution >= 0.6 is 0 Å². The number of imidazole rings is 1. The number of benzene rings is 1. The molecule has 1 aliphatic heterocycles. The smallest absolute Gasteiger partial charge is 0.341 e. The number of hydrogen-bond acceptors (Lipinski definition) is 4. The second-order valence-electron chi connectivity index (χ2n) is 6.55. The predicted octanol–water partition coefficient (Wildman–Crippen LogP) is 1.99. The molecular formula is C17H21FN6O. The number of piperidine rings is 1. The van der Waals surface area contributed by atoms with Gasteiger partial charge in [0.15, 0.2) is 0 Å². The third-order valence-corrected chi connectivity index (χ3v) is 4.84. The predicted molar refractivity (Wildman–Crippen MR) is 91.8 cm³/mol. The molecule has 1 aromatic carbocycles. The van der Waals surface area contributed by atoms with E-state index in [0.717, 1.165) is 48.6 Å². The van der Waals surface area contributed by atoms with Gasteiger partial charge in [0, 0.05) is 19.0 Å². The molecule has 1 fully saturated rings. The van der Waals surface area contributed by atoms with Gasteiger partial charge < -0.3 is 4.98 Å². The molecule has 0 aliphatic carbocycles.